The number of hydrogen-bond donors (Lipinski definition) is 1. The molecular formula is C25H25F3N6O8S. The number of ether oxygens (including phenoxy) is 2. The molecule has 1 unspecified atom stereocenters. The predicted octanol–water partition coefficient (Wildman–Crippen LogP) is 3.68. The molecule has 0 bridgehead atoms. The summed E-state index contributed by atoms with van der Waals surface area (Å²) in [6.07, 6.45) is -6.98. The molecule has 1 fully saturated rings. The van der Waals surface area contributed by atoms with Gasteiger partial charge in [0, 0.05) is 18.9 Å². The average Bonchev–Trinajstić information content (AvgIpc) is 3.38. The van der Waals surface area contributed by atoms with Gasteiger partial charge in [-0.1, -0.05) is 29.8 Å². The third kappa shape index (κ3) is 7.14. The molecule has 0 spiro atoms. The van der Waals surface area contributed by atoms with Crippen molar-refractivity contribution in [2.45, 2.75) is 43.7 Å². The third-order valence-electron chi connectivity index (χ3n) is 6.18. The number of carbonyl (C=O) groups excluding carboxylic acids is 2. The van der Waals surface area contributed by atoms with E-state index >= 15 is 0 Å². The van der Waals surface area contributed by atoms with Crippen molar-refractivity contribution < 1.29 is 50.5 Å². The number of halogens is 3. The molecule has 1 N–H and O–H groups in total. The summed E-state index contributed by atoms with van der Waals surface area (Å²) in [5, 5.41) is 19.9. The smallest absolute Gasteiger partial charge is 0.511 e. The molecule has 230 valence electrons. The second-order valence-electron chi connectivity index (χ2n) is 9.20. The van der Waals surface area contributed by atoms with Gasteiger partial charge in [-0.25, -0.2) is 22.6 Å². The van der Waals surface area contributed by atoms with Crippen LogP contribution in [-0.4, -0.2) is 66.2 Å². The Kier molecular flexibility index (Phi) is 8.79. The van der Waals surface area contributed by atoms with Crippen LogP contribution in [0.1, 0.15) is 24.6 Å². The largest absolute Gasteiger partial charge is 0.569 e. The van der Waals surface area contributed by atoms with Gasteiger partial charge in [0.15, 0.2) is 11.7 Å². The number of aromatic nitrogens is 2. The van der Waals surface area contributed by atoms with E-state index in [0.717, 1.165) is 40.6 Å². The van der Waals surface area contributed by atoms with Crippen LogP contribution in [0.25, 0.3) is 16.9 Å². The minimum Gasteiger partial charge on any atom is -0.569 e. The van der Waals surface area contributed by atoms with Crippen molar-refractivity contribution >= 4 is 22.1 Å². The molecule has 18 heteroatoms. The van der Waals surface area contributed by atoms with Crippen LogP contribution in [0.15, 0.2) is 64.8 Å². The Morgan fingerprint density at radius 3 is 2.37 bits per heavy atom. The molecule has 0 radical (unpaired) electrons. The van der Waals surface area contributed by atoms with Gasteiger partial charge in [0.25, 0.3) is 22.2 Å². The Labute approximate surface area is 242 Å². The van der Waals surface area contributed by atoms with Crippen LogP contribution in [0.5, 0.6) is 0 Å². The third-order valence-corrected chi connectivity index (χ3v) is 7.54. The first-order valence-corrected chi connectivity index (χ1v) is 13.9. The molecule has 0 aliphatic carbocycles. The standard InChI is InChI=1S/C25H25F3N6O8S/c1-15-4-6-17(7-5-15)21-14-22(25(26,27)28)29-33(21)18-8-10-19(11-9-18)43(38,39)30-23(35)20-12-13-32(20)34(37)31-42-16(2)41-24(36)40-3/h4-11,14,16,20H,12-13H2,1-3H3,(H,30,35)/b34-31-/t16?,20-/m0/s1. The number of benzene rings is 2. The summed E-state index contributed by atoms with van der Waals surface area (Å²) in [6.45, 7) is 3.12. The normalized spacial score (nSPS) is 16.2. The molecule has 1 saturated heterocycles. The van der Waals surface area contributed by atoms with Crippen LogP contribution in [0.3, 0.4) is 0 Å². The Morgan fingerprint density at radius 1 is 1.16 bits per heavy atom. The summed E-state index contributed by atoms with van der Waals surface area (Å²) >= 11 is 0. The summed E-state index contributed by atoms with van der Waals surface area (Å²) in [6, 6.07) is 11.1. The monoisotopic (exact) mass is 626 g/mol. The minimum absolute atomic E-state index is 0.0442. The highest BCUT2D eigenvalue weighted by Crippen LogP contribution is 2.33. The van der Waals surface area contributed by atoms with E-state index in [9.17, 15) is 36.4 Å². The lowest BCUT2D eigenvalue weighted by molar-refractivity contribution is -0.730. The summed E-state index contributed by atoms with van der Waals surface area (Å²) in [5.41, 5.74) is 0.488. The summed E-state index contributed by atoms with van der Waals surface area (Å²) < 4.78 is 78.0. The van der Waals surface area contributed by atoms with Gasteiger partial charge in [0.2, 0.25) is 5.28 Å². The van der Waals surface area contributed by atoms with Gasteiger partial charge in [-0.3, -0.25) is 9.63 Å². The maximum atomic E-state index is 13.5. The van der Waals surface area contributed by atoms with Crippen LogP contribution in [0, 0.1) is 12.1 Å². The quantitative estimate of drug-likeness (QED) is 0.122. The van der Waals surface area contributed by atoms with Gasteiger partial charge >= 0.3 is 12.3 Å². The number of nitrogens with one attached hydrogen (secondary N) is 1. The van der Waals surface area contributed by atoms with Gasteiger partial charge in [-0.15, -0.1) is 5.01 Å². The molecule has 0 saturated carbocycles. The molecule has 1 aromatic heterocycles. The van der Waals surface area contributed by atoms with E-state index in [0.29, 0.717) is 5.56 Å². The fourth-order valence-electron chi connectivity index (χ4n) is 3.88. The van der Waals surface area contributed by atoms with Crippen molar-refractivity contribution in [3.63, 3.8) is 0 Å². The fraction of sp³-hybridized carbons (Fsp3) is 0.320. The molecule has 14 nitrogen and oxygen atoms in total. The molecule has 1 amide bonds. The molecule has 3 aromatic rings. The maximum absolute atomic E-state index is 13.5. The summed E-state index contributed by atoms with van der Waals surface area (Å²) in [5.74, 6) is -1.03. The number of hydrogen-bond acceptors (Lipinski definition) is 10. The van der Waals surface area contributed by atoms with Crippen molar-refractivity contribution in [3.8, 4) is 16.9 Å². The lowest BCUT2D eigenvalue weighted by Crippen LogP contribution is -2.59. The zero-order valence-electron chi connectivity index (χ0n) is 22.8. The number of amides is 1. The lowest BCUT2D eigenvalue weighted by atomic mass is 10.1. The van der Waals surface area contributed by atoms with E-state index in [-0.39, 0.29) is 34.2 Å². The molecule has 1 aliphatic rings. The van der Waals surface area contributed by atoms with Crippen LogP contribution in [0.2, 0.25) is 0 Å². The molecule has 2 atom stereocenters. The van der Waals surface area contributed by atoms with Crippen molar-refractivity contribution in [3.05, 3.63) is 71.1 Å². The fourth-order valence-corrected chi connectivity index (χ4v) is 4.89. The summed E-state index contributed by atoms with van der Waals surface area (Å²) in [7, 11) is -3.38. The van der Waals surface area contributed by atoms with Gasteiger partial charge in [-0.05, 0) is 37.3 Å². The van der Waals surface area contributed by atoms with Crippen LogP contribution < -0.4 is 4.72 Å². The highest BCUT2D eigenvalue weighted by molar-refractivity contribution is 7.90. The number of alkyl halides is 3. The molecule has 4 rings (SSSR count). The van der Waals surface area contributed by atoms with E-state index < -0.39 is 46.3 Å². The number of rotatable bonds is 9. The molecule has 1 aliphatic heterocycles. The first-order chi connectivity index (χ1) is 20.2. The molecule has 2 heterocycles. The second kappa shape index (κ2) is 12.2. The minimum atomic E-state index is -4.72. The van der Waals surface area contributed by atoms with Crippen molar-refractivity contribution in [2.75, 3.05) is 13.7 Å². The Morgan fingerprint density at radius 2 is 1.81 bits per heavy atom. The molecule has 43 heavy (non-hydrogen) atoms. The van der Waals surface area contributed by atoms with Gasteiger partial charge in [0.1, 0.15) is 0 Å². The molecular weight excluding hydrogens is 601 g/mol. The Balaban J connectivity index is 1.48. The van der Waals surface area contributed by atoms with E-state index in [1.165, 1.54) is 19.1 Å². The molecule has 2 aromatic carbocycles. The Bertz CT molecular complexity index is 1630. The van der Waals surface area contributed by atoms with Crippen molar-refractivity contribution in [2.24, 2.45) is 5.28 Å². The topological polar surface area (TPSA) is 167 Å². The number of aryl methyl sites for hydroxylation is 1. The average molecular weight is 627 g/mol. The van der Waals surface area contributed by atoms with Crippen LogP contribution in [-0.2, 0) is 35.3 Å². The van der Waals surface area contributed by atoms with E-state index in [1.807, 2.05) is 11.6 Å². The van der Waals surface area contributed by atoms with Gasteiger partial charge < -0.3 is 14.7 Å². The zero-order chi connectivity index (χ0) is 31.5. The lowest BCUT2D eigenvalue weighted by Gasteiger charge is -2.33. The number of nitrogens with zero attached hydrogens (tertiary/aromatic N) is 5. The number of hydrazine groups is 1. The second-order valence-corrected chi connectivity index (χ2v) is 10.9. The van der Waals surface area contributed by atoms with E-state index in [1.54, 1.807) is 24.3 Å². The number of carbonyl (C=O) groups is 2. The van der Waals surface area contributed by atoms with Gasteiger partial charge in [0.05, 0.1) is 34.9 Å². The zero-order valence-corrected chi connectivity index (χ0v) is 23.6. The first-order valence-electron chi connectivity index (χ1n) is 12.5. The maximum Gasteiger partial charge on any atom is 0.511 e. The van der Waals surface area contributed by atoms with Crippen LogP contribution >= 0.6 is 0 Å². The highest BCUT2D eigenvalue weighted by Gasteiger charge is 2.42. The van der Waals surface area contributed by atoms with E-state index in [2.05, 4.69) is 19.8 Å². The number of methoxy groups -OCH3 is 1. The number of sulfonamides is 1. The van der Waals surface area contributed by atoms with Crippen LogP contribution in [0.4, 0.5) is 18.0 Å². The first kappa shape index (κ1) is 31.1. The van der Waals surface area contributed by atoms with E-state index in [4.69, 9.17) is 4.84 Å². The highest BCUT2D eigenvalue weighted by atomic mass is 32.2. The van der Waals surface area contributed by atoms with Gasteiger partial charge in [-0.2, -0.15) is 18.3 Å². The van der Waals surface area contributed by atoms with Crippen molar-refractivity contribution in [1.29, 1.82) is 0 Å². The SMILES string of the molecule is COC(=O)OC(C)O/N=[N+](\[O-])N1CC[C@H]1C(=O)NS(=O)(=O)c1ccc(-n2nc(C(F)(F)F)cc2-c2ccc(C)cc2)cc1. The van der Waals surface area contributed by atoms with Crippen molar-refractivity contribution in [1.82, 2.24) is 19.5 Å². The summed E-state index contributed by atoms with van der Waals surface area (Å²) in [4.78, 5) is 28.0. The predicted molar refractivity (Wildman–Crippen MR) is 139 cm³/mol. The Hall–Kier alpha value is -4.87.